The van der Waals surface area contributed by atoms with Crippen LogP contribution < -0.4 is 14.8 Å². The summed E-state index contributed by atoms with van der Waals surface area (Å²) in [6.07, 6.45) is 1.25. The van der Waals surface area contributed by atoms with Gasteiger partial charge >= 0.3 is 0 Å². The molecule has 1 fully saturated rings. The molecule has 1 aromatic carbocycles. The molecule has 2 amide bonds. The van der Waals surface area contributed by atoms with Gasteiger partial charge in [-0.2, -0.15) is 0 Å². The lowest BCUT2D eigenvalue weighted by atomic mass is 9.95. The van der Waals surface area contributed by atoms with Crippen molar-refractivity contribution in [3.05, 3.63) is 23.8 Å². The molecule has 1 atom stereocenters. The molecule has 6 nitrogen and oxygen atoms in total. The summed E-state index contributed by atoms with van der Waals surface area (Å²) in [5.41, 5.74) is 0.690. The van der Waals surface area contributed by atoms with Crippen molar-refractivity contribution in [2.45, 2.75) is 33.6 Å². The molecule has 0 bridgehead atoms. The fourth-order valence-corrected chi connectivity index (χ4v) is 3.01. The first-order valence-electron chi connectivity index (χ1n) is 9.01. The molecule has 144 valence electrons. The molecule has 1 aromatic rings. The van der Waals surface area contributed by atoms with Crippen molar-refractivity contribution in [2.24, 2.45) is 11.3 Å². The van der Waals surface area contributed by atoms with Crippen molar-refractivity contribution in [3.63, 3.8) is 0 Å². The van der Waals surface area contributed by atoms with Crippen LogP contribution in [0.1, 0.15) is 32.8 Å². The van der Waals surface area contributed by atoms with E-state index in [9.17, 15) is 9.59 Å². The van der Waals surface area contributed by atoms with Crippen LogP contribution in [0, 0.1) is 11.3 Å². The minimum atomic E-state index is -0.407. The number of amides is 2. The Hall–Kier alpha value is -2.24. The number of carbonyl (C=O) groups excluding carboxylic acids is 2. The molecule has 1 unspecified atom stereocenters. The van der Waals surface area contributed by atoms with E-state index in [1.165, 1.54) is 0 Å². The van der Waals surface area contributed by atoms with Gasteiger partial charge in [0.05, 0.1) is 14.2 Å². The zero-order chi connectivity index (χ0) is 19.3. The second-order valence-corrected chi connectivity index (χ2v) is 7.81. The van der Waals surface area contributed by atoms with Crippen molar-refractivity contribution >= 4 is 11.8 Å². The zero-order valence-electron chi connectivity index (χ0n) is 16.4. The lowest BCUT2D eigenvalue weighted by molar-refractivity contribution is -0.129. The van der Waals surface area contributed by atoms with Crippen LogP contribution in [0.5, 0.6) is 11.5 Å². The molecule has 26 heavy (non-hydrogen) atoms. The molecule has 1 heterocycles. The molecule has 1 aliphatic rings. The molecule has 0 aliphatic carbocycles. The monoisotopic (exact) mass is 362 g/mol. The van der Waals surface area contributed by atoms with Crippen LogP contribution in [0.2, 0.25) is 0 Å². The number of nitrogens with one attached hydrogen (secondary N) is 1. The van der Waals surface area contributed by atoms with Crippen LogP contribution in [0.15, 0.2) is 18.2 Å². The average molecular weight is 362 g/mol. The van der Waals surface area contributed by atoms with Crippen molar-refractivity contribution in [3.8, 4) is 11.5 Å². The van der Waals surface area contributed by atoms with Gasteiger partial charge < -0.3 is 19.7 Å². The van der Waals surface area contributed by atoms with Crippen LogP contribution in [-0.4, -0.2) is 50.6 Å². The summed E-state index contributed by atoms with van der Waals surface area (Å²) >= 11 is 0. The second kappa shape index (κ2) is 8.43. The summed E-state index contributed by atoms with van der Waals surface area (Å²) in [7, 11) is 3.22. The number of nitrogens with zero attached hydrogens (tertiary/aromatic N) is 1. The Bertz CT molecular complexity index is 652. The molecule has 1 N–H and O–H groups in total. The maximum Gasteiger partial charge on any atom is 0.225 e. The highest BCUT2D eigenvalue weighted by atomic mass is 16.5. The van der Waals surface area contributed by atoms with E-state index in [1.54, 1.807) is 14.2 Å². The van der Waals surface area contributed by atoms with Crippen molar-refractivity contribution < 1.29 is 19.1 Å². The lowest BCUT2D eigenvalue weighted by Gasteiger charge is -2.20. The van der Waals surface area contributed by atoms with Crippen LogP contribution in [0.4, 0.5) is 0 Å². The lowest BCUT2D eigenvalue weighted by Crippen LogP contribution is -2.38. The van der Waals surface area contributed by atoms with E-state index >= 15 is 0 Å². The molecule has 1 aliphatic heterocycles. The molecule has 0 aromatic heterocycles. The molecule has 0 saturated carbocycles. The van der Waals surface area contributed by atoms with Gasteiger partial charge in [0.15, 0.2) is 11.5 Å². The van der Waals surface area contributed by atoms with Gasteiger partial charge in [-0.1, -0.05) is 26.8 Å². The molecule has 0 spiro atoms. The number of hydrogen-bond acceptors (Lipinski definition) is 4. The molecular formula is C20H30N2O4. The molecule has 1 saturated heterocycles. The number of likely N-dealkylation sites (tertiary alicyclic amines) is 1. The predicted octanol–water partition coefficient (Wildman–Crippen LogP) is 2.26. The maximum absolute atomic E-state index is 12.2. The van der Waals surface area contributed by atoms with E-state index < -0.39 is 5.41 Å². The number of carbonyl (C=O) groups is 2. The minimum absolute atomic E-state index is 0.0220. The first-order valence-corrected chi connectivity index (χ1v) is 9.01. The standard InChI is InChI=1S/C20H30N2O4/c1-20(2,3)19(24)21-12-15-11-18(23)22(13-15)9-8-14-6-7-16(25-4)17(10-14)26-5/h6-7,10,15H,8-9,11-13H2,1-5H3,(H,21,24). The van der Waals surface area contributed by atoms with Crippen LogP contribution in [-0.2, 0) is 16.0 Å². The topological polar surface area (TPSA) is 67.9 Å². The van der Waals surface area contributed by atoms with Gasteiger partial charge in [0.1, 0.15) is 0 Å². The second-order valence-electron chi connectivity index (χ2n) is 7.81. The van der Waals surface area contributed by atoms with E-state index in [2.05, 4.69) is 5.32 Å². The summed E-state index contributed by atoms with van der Waals surface area (Å²) in [4.78, 5) is 26.1. The Labute approximate surface area is 155 Å². The highest BCUT2D eigenvalue weighted by molar-refractivity contribution is 5.82. The first kappa shape index (κ1) is 20.1. The normalized spacial score (nSPS) is 17.3. The van der Waals surface area contributed by atoms with Crippen LogP contribution >= 0.6 is 0 Å². The van der Waals surface area contributed by atoms with Crippen LogP contribution in [0.3, 0.4) is 0 Å². The predicted molar refractivity (Wildman–Crippen MR) is 100 cm³/mol. The summed E-state index contributed by atoms with van der Waals surface area (Å²) in [6, 6.07) is 5.81. The van der Waals surface area contributed by atoms with E-state index in [4.69, 9.17) is 9.47 Å². The summed E-state index contributed by atoms with van der Waals surface area (Å²) in [5, 5.41) is 2.96. The SMILES string of the molecule is COc1ccc(CCN2CC(CNC(=O)C(C)(C)C)CC2=O)cc1OC. The van der Waals surface area contributed by atoms with Gasteiger partial charge in [-0.05, 0) is 24.1 Å². The summed E-state index contributed by atoms with van der Waals surface area (Å²) in [6.45, 7) is 7.57. The Kier molecular flexibility index (Phi) is 6.51. The quantitative estimate of drug-likeness (QED) is 0.808. The fraction of sp³-hybridized carbons (Fsp3) is 0.600. The van der Waals surface area contributed by atoms with Gasteiger partial charge in [-0.25, -0.2) is 0 Å². The third-order valence-corrected chi connectivity index (χ3v) is 4.65. The molecular weight excluding hydrogens is 332 g/mol. The number of benzene rings is 1. The number of hydrogen-bond donors (Lipinski definition) is 1. The molecule has 6 heteroatoms. The number of methoxy groups -OCH3 is 2. The fourth-order valence-electron chi connectivity index (χ4n) is 3.01. The Morgan fingerprint density at radius 3 is 2.54 bits per heavy atom. The van der Waals surface area contributed by atoms with E-state index in [0.717, 1.165) is 12.0 Å². The summed E-state index contributed by atoms with van der Waals surface area (Å²) in [5.74, 6) is 1.75. The van der Waals surface area contributed by atoms with Gasteiger partial charge in [0.25, 0.3) is 0 Å². The highest BCUT2D eigenvalue weighted by Crippen LogP contribution is 2.28. The first-order chi connectivity index (χ1) is 12.2. The Morgan fingerprint density at radius 2 is 1.92 bits per heavy atom. The number of ether oxygens (including phenoxy) is 2. The molecule has 0 radical (unpaired) electrons. The minimum Gasteiger partial charge on any atom is -0.493 e. The largest absolute Gasteiger partial charge is 0.493 e. The van der Waals surface area contributed by atoms with Crippen molar-refractivity contribution in [2.75, 3.05) is 33.9 Å². The third kappa shape index (κ3) is 5.13. The van der Waals surface area contributed by atoms with Crippen molar-refractivity contribution in [1.82, 2.24) is 10.2 Å². The van der Waals surface area contributed by atoms with Crippen molar-refractivity contribution in [1.29, 1.82) is 0 Å². The smallest absolute Gasteiger partial charge is 0.225 e. The Morgan fingerprint density at radius 1 is 1.23 bits per heavy atom. The average Bonchev–Trinajstić information content (AvgIpc) is 2.96. The molecule has 2 rings (SSSR count). The maximum atomic E-state index is 12.2. The zero-order valence-corrected chi connectivity index (χ0v) is 16.4. The van der Waals surface area contributed by atoms with E-state index in [0.29, 0.717) is 37.6 Å². The van der Waals surface area contributed by atoms with Gasteiger partial charge in [-0.3, -0.25) is 9.59 Å². The van der Waals surface area contributed by atoms with E-state index in [1.807, 2.05) is 43.9 Å². The highest BCUT2D eigenvalue weighted by Gasteiger charge is 2.30. The van der Waals surface area contributed by atoms with Crippen LogP contribution in [0.25, 0.3) is 0 Å². The van der Waals surface area contributed by atoms with Gasteiger partial charge in [0.2, 0.25) is 11.8 Å². The van der Waals surface area contributed by atoms with E-state index in [-0.39, 0.29) is 17.7 Å². The third-order valence-electron chi connectivity index (χ3n) is 4.65. The number of rotatable bonds is 7. The Balaban J connectivity index is 1.85. The van der Waals surface area contributed by atoms with Gasteiger partial charge in [0, 0.05) is 37.4 Å². The summed E-state index contributed by atoms with van der Waals surface area (Å²) < 4.78 is 10.6. The van der Waals surface area contributed by atoms with Gasteiger partial charge in [-0.15, -0.1) is 0 Å².